The van der Waals surface area contributed by atoms with Crippen molar-refractivity contribution in [2.24, 2.45) is 5.92 Å². The largest absolute Gasteiger partial charge is 0.379 e. The number of carbonyl (C=O) groups is 1. The van der Waals surface area contributed by atoms with Gasteiger partial charge in [0.25, 0.3) is 5.56 Å². The maximum absolute atomic E-state index is 12.5. The molecule has 0 atom stereocenters. The second kappa shape index (κ2) is 9.41. The Morgan fingerprint density at radius 2 is 2.18 bits per heavy atom. The number of aromatic amines is 1. The molecule has 0 bridgehead atoms. The maximum atomic E-state index is 12.5. The first kappa shape index (κ1) is 19.9. The zero-order valence-electron chi connectivity index (χ0n) is 16.1. The molecule has 2 heterocycles. The fourth-order valence-corrected chi connectivity index (χ4v) is 5.58. The van der Waals surface area contributed by atoms with Gasteiger partial charge in [0.1, 0.15) is 10.7 Å². The number of nitrogens with zero attached hydrogens (tertiary/aromatic N) is 1. The predicted octanol–water partition coefficient (Wildman–Crippen LogP) is 3.03. The molecular formula is C20H27N3O3S2. The third-order valence-electron chi connectivity index (χ3n) is 5.21. The summed E-state index contributed by atoms with van der Waals surface area (Å²) in [5.74, 6) is 2.83. The van der Waals surface area contributed by atoms with Crippen LogP contribution in [0.3, 0.4) is 0 Å². The van der Waals surface area contributed by atoms with Crippen LogP contribution in [-0.4, -0.2) is 41.4 Å². The maximum Gasteiger partial charge on any atom is 0.259 e. The van der Waals surface area contributed by atoms with Crippen LogP contribution in [0.2, 0.25) is 0 Å². The number of H-pyrrole nitrogens is 1. The van der Waals surface area contributed by atoms with Crippen molar-refractivity contribution in [1.29, 1.82) is 0 Å². The van der Waals surface area contributed by atoms with Crippen molar-refractivity contribution in [1.82, 2.24) is 15.3 Å². The number of aromatic nitrogens is 2. The Balaban J connectivity index is 1.20. The van der Waals surface area contributed by atoms with Gasteiger partial charge in [-0.3, -0.25) is 9.59 Å². The normalized spacial score (nSPS) is 16.3. The second-order valence-electron chi connectivity index (χ2n) is 7.57. The lowest BCUT2D eigenvalue weighted by molar-refractivity contribution is -0.120. The van der Waals surface area contributed by atoms with E-state index in [-0.39, 0.29) is 11.5 Å². The first-order valence-corrected chi connectivity index (χ1v) is 12.1. The van der Waals surface area contributed by atoms with Crippen LogP contribution in [0, 0.1) is 5.92 Å². The van der Waals surface area contributed by atoms with Crippen molar-refractivity contribution in [3.63, 3.8) is 0 Å². The molecule has 0 radical (unpaired) electrons. The summed E-state index contributed by atoms with van der Waals surface area (Å²) in [7, 11) is 0. The molecule has 1 saturated carbocycles. The number of thiophene rings is 1. The molecule has 4 rings (SSSR count). The summed E-state index contributed by atoms with van der Waals surface area (Å²) >= 11 is 3.30. The highest BCUT2D eigenvalue weighted by Crippen LogP contribution is 2.33. The summed E-state index contributed by atoms with van der Waals surface area (Å²) in [4.78, 5) is 34.2. The molecule has 0 spiro atoms. The molecule has 28 heavy (non-hydrogen) atoms. The molecule has 0 unspecified atom stereocenters. The quantitative estimate of drug-likeness (QED) is 0.576. The van der Waals surface area contributed by atoms with Crippen molar-refractivity contribution in [2.45, 2.75) is 50.7 Å². The highest BCUT2D eigenvalue weighted by Gasteiger charge is 2.21. The van der Waals surface area contributed by atoms with Gasteiger partial charge in [0.2, 0.25) is 5.91 Å². The molecule has 6 nitrogen and oxygen atoms in total. The van der Waals surface area contributed by atoms with E-state index >= 15 is 0 Å². The molecule has 152 valence electrons. The van der Waals surface area contributed by atoms with E-state index in [9.17, 15) is 9.59 Å². The minimum absolute atomic E-state index is 0.0102. The number of amides is 1. The third-order valence-corrected chi connectivity index (χ3v) is 7.36. The van der Waals surface area contributed by atoms with E-state index in [1.54, 1.807) is 23.1 Å². The minimum Gasteiger partial charge on any atom is -0.379 e. The summed E-state index contributed by atoms with van der Waals surface area (Å²) in [5.41, 5.74) is 1.21. The second-order valence-corrected chi connectivity index (χ2v) is 9.76. The number of rotatable bonds is 10. The molecule has 0 aliphatic heterocycles. The Bertz CT molecular complexity index is 889. The lowest BCUT2D eigenvalue weighted by Crippen LogP contribution is -2.27. The Labute approximate surface area is 172 Å². The molecule has 1 fully saturated rings. The number of ether oxygens (including phenoxy) is 1. The standard InChI is InChI=1S/C20H27N3O3S2/c24-17(21-8-9-26-11-13-5-6-13)7-10-27-12-16-22-19(25)18-14-3-1-2-4-15(14)28-20(18)23-16/h13H,1-12H2,(H,21,24)(H,22,23,25). The van der Waals surface area contributed by atoms with Crippen LogP contribution in [0.4, 0.5) is 0 Å². The molecule has 2 aliphatic carbocycles. The summed E-state index contributed by atoms with van der Waals surface area (Å²) in [6.45, 7) is 1.99. The number of thioether (sulfide) groups is 1. The van der Waals surface area contributed by atoms with Gasteiger partial charge in [0.15, 0.2) is 0 Å². The number of fused-ring (bicyclic) bond motifs is 3. The zero-order chi connectivity index (χ0) is 19.3. The minimum atomic E-state index is -0.0102. The Morgan fingerprint density at radius 3 is 3.04 bits per heavy atom. The van der Waals surface area contributed by atoms with Crippen molar-refractivity contribution in [3.05, 3.63) is 26.6 Å². The van der Waals surface area contributed by atoms with Gasteiger partial charge in [-0.1, -0.05) is 0 Å². The number of hydrogen-bond donors (Lipinski definition) is 2. The fraction of sp³-hybridized carbons (Fsp3) is 0.650. The van der Waals surface area contributed by atoms with Crippen LogP contribution < -0.4 is 10.9 Å². The smallest absolute Gasteiger partial charge is 0.259 e. The molecule has 2 aromatic heterocycles. The fourth-order valence-electron chi connectivity index (χ4n) is 3.50. The van der Waals surface area contributed by atoms with Crippen molar-refractivity contribution in [3.8, 4) is 0 Å². The van der Waals surface area contributed by atoms with Gasteiger partial charge in [0.05, 0.1) is 17.7 Å². The number of carbonyl (C=O) groups excluding carboxylic acids is 1. The summed E-state index contributed by atoms with van der Waals surface area (Å²) in [5, 5.41) is 3.69. The van der Waals surface area contributed by atoms with E-state index in [2.05, 4.69) is 15.3 Å². The molecule has 8 heteroatoms. The molecule has 1 amide bonds. The van der Waals surface area contributed by atoms with E-state index in [0.717, 1.165) is 42.0 Å². The molecule has 2 aromatic rings. The van der Waals surface area contributed by atoms with Crippen LogP contribution in [-0.2, 0) is 28.1 Å². The van der Waals surface area contributed by atoms with E-state index in [4.69, 9.17) is 4.74 Å². The Hall–Kier alpha value is -1.38. The lowest BCUT2D eigenvalue weighted by Gasteiger charge is -2.09. The molecule has 0 aromatic carbocycles. The lowest BCUT2D eigenvalue weighted by atomic mass is 9.97. The average Bonchev–Trinajstić information content (AvgIpc) is 3.43. The Morgan fingerprint density at radius 1 is 1.32 bits per heavy atom. The average molecular weight is 422 g/mol. The summed E-state index contributed by atoms with van der Waals surface area (Å²) in [6, 6.07) is 0. The van der Waals surface area contributed by atoms with E-state index in [1.165, 1.54) is 29.7 Å². The van der Waals surface area contributed by atoms with Crippen molar-refractivity contribution >= 4 is 39.2 Å². The van der Waals surface area contributed by atoms with Gasteiger partial charge in [-0.2, -0.15) is 11.8 Å². The van der Waals surface area contributed by atoms with Gasteiger partial charge in [0, 0.05) is 30.2 Å². The summed E-state index contributed by atoms with van der Waals surface area (Å²) in [6.07, 6.45) is 7.46. The van der Waals surface area contributed by atoms with Crippen molar-refractivity contribution < 1.29 is 9.53 Å². The summed E-state index contributed by atoms with van der Waals surface area (Å²) < 4.78 is 5.51. The van der Waals surface area contributed by atoms with Crippen LogP contribution in [0.15, 0.2) is 4.79 Å². The highest BCUT2D eigenvalue weighted by atomic mass is 32.2. The molecule has 2 aliphatic rings. The van der Waals surface area contributed by atoms with Crippen LogP contribution in [0.5, 0.6) is 0 Å². The Kier molecular flexibility index (Phi) is 6.69. The number of nitrogens with one attached hydrogen (secondary N) is 2. The topological polar surface area (TPSA) is 84.1 Å². The first-order chi connectivity index (χ1) is 13.7. The third kappa shape index (κ3) is 5.15. The van der Waals surface area contributed by atoms with Crippen molar-refractivity contribution in [2.75, 3.05) is 25.5 Å². The predicted molar refractivity (Wildman–Crippen MR) is 114 cm³/mol. The number of hydrogen-bond acceptors (Lipinski definition) is 6. The van der Waals surface area contributed by atoms with Gasteiger partial charge in [-0.05, 0) is 50.0 Å². The number of aryl methyl sites for hydroxylation is 2. The van der Waals surface area contributed by atoms with Gasteiger partial charge in [-0.25, -0.2) is 4.98 Å². The van der Waals surface area contributed by atoms with E-state index in [1.807, 2.05) is 0 Å². The van der Waals surface area contributed by atoms with E-state index < -0.39 is 0 Å². The van der Waals surface area contributed by atoms with Gasteiger partial charge >= 0.3 is 0 Å². The van der Waals surface area contributed by atoms with Gasteiger partial charge < -0.3 is 15.0 Å². The SMILES string of the molecule is O=C(CCSCc1nc2sc3c(c2c(=O)[nH]1)CCCC3)NCCOCC1CC1. The zero-order valence-corrected chi connectivity index (χ0v) is 17.7. The molecule has 0 saturated heterocycles. The van der Waals surface area contributed by atoms with E-state index in [0.29, 0.717) is 36.9 Å². The van der Waals surface area contributed by atoms with Crippen LogP contribution in [0.1, 0.15) is 48.4 Å². The molecular weight excluding hydrogens is 394 g/mol. The van der Waals surface area contributed by atoms with Crippen LogP contribution in [0.25, 0.3) is 10.2 Å². The first-order valence-electron chi connectivity index (χ1n) is 10.2. The van der Waals surface area contributed by atoms with Gasteiger partial charge in [-0.15, -0.1) is 11.3 Å². The monoisotopic (exact) mass is 421 g/mol. The molecule has 2 N–H and O–H groups in total. The van der Waals surface area contributed by atoms with Crippen LogP contribution >= 0.6 is 23.1 Å². The highest BCUT2D eigenvalue weighted by molar-refractivity contribution is 7.98.